The van der Waals surface area contributed by atoms with Crippen LogP contribution < -0.4 is 5.32 Å². The summed E-state index contributed by atoms with van der Waals surface area (Å²) in [6.07, 6.45) is -0.0846. The van der Waals surface area contributed by atoms with Gasteiger partial charge >= 0.3 is 12.1 Å². The number of nitrogens with one attached hydrogen (secondary N) is 1. The molecule has 0 aromatic heterocycles. The lowest BCUT2D eigenvalue weighted by Gasteiger charge is -2.32. The average molecular weight is 370 g/mol. The first-order chi connectivity index (χ1) is 12.3. The standard InChI is InChI=1S/C18H21F3N2O3/c19-18(20,21)12-5-3-6-13(9-12)22-16(24)10-23-14-7-2-1-4-11(14)8-15(23)17(25)26/h3,5-6,9,11,14-15H,1-2,4,7-8,10H2,(H,22,24)(H,25,26). The van der Waals surface area contributed by atoms with Crippen LogP contribution in [0.15, 0.2) is 24.3 Å². The summed E-state index contributed by atoms with van der Waals surface area (Å²) >= 11 is 0. The second-order valence-corrected chi connectivity index (χ2v) is 7.00. The van der Waals surface area contributed by atoms with Crippen LogP contribution in [-0.4, -0.2) is 40.5 Å². The summed E-state index contributed by atoms with van der Waals surface area (Å²) in [5, 5.41) is 11.9. The van der Waals surface area contributed by atoms with E-state index in [4.69, 9.17) is 0 Å². The van der Waals surface area contributed by atoms with E-state index in [0.717, 1.165) is 37.8 Å². The van der Waals surface area contributed by atoms with Crippen LogP contribution in [0.1, 0.15) is 37.7 Å². The Morgan fingerprint density at radius 3 is 2.65 bits per heavy atom. The highest BCUT2D eigenvalue weighted by Gasteiger charge is 2.45. The SMILES string of the molecule is O=C(CN1C(C(=O)O)CC2CCCCC21)Nc1cccc(C(F)(F)F)c1. The number of hydrogen-bond donors (Lipinski definition) is 2. The number of fused-ring (bicyclic) bond motifs is 1. The van der Waals surface area contributed by atoms with Crippen molar-refractivity contribution in [3.8, 4) is 0 Å². The highest BCUT2D eigenvalue weighted by molar-refractivity contribution is 5.92. The Kier molecular flexibility index (Phi) is 5.22. The molecule has 5 nitrogen and oxygen atoms in total. The molecule has 26 heavy (non-hydrogen) atoms. The molecule has 1 aliphatic carbocycles. The fourth-order valence-electron chi connectivity index (χ4n) is 4.16. The molecule has 3 unspecified atom stereocenters. The van der Waals surface area contributed by atoms with Crippen LogP contribution in [0.4, 0.5) is 18.9 Å². The average Bonchev–Trinajstić information content (AvgIpc) is 2.93. The minimum Gasteiger partial charge on any atom is -0.480 e. The van der Waals surface area contributed by atoms with E-state index in [0.29, 0.717) is 6.42 Å². The molecule has 1 amide bonds. The molecule has 0 bridgehead atoms. The van der Waals surface area contributed by atoms with Crippen molar-refractivity contribution in [2.24, 2.45) is 5.92 Å². The van der Waals surface area contributed by atoms with E-state index in [1.54, 1.807) is 4.90 Å². The van der Waals surface area contributed by atoms with Crippen molar-refractivity contribution >= 4 is 17.6 Å². The van der Waals surface area contributed by atoms with Crippen molar-refractivity contribution < 1.29 is 27.9 Å². The van der Waals surface area contributed by atoms with Gasteiger partial charge in [0.1, 0.15) is 6.04 Å². The topological polar surface area (TPSA) is 69.6 Å². The summed E-state index contributed by atoms with van der Waals surface area (Å²) in [4.78, 5) is 25.6. The molecule has 1 aromatic rings. The molecular formula is C18H21F3N2O3. The number of nitrogens with zero attached hydrogens (tertiary/aromatic N) is 1. The van der Waals surface area contributed by atoms with E-state index in [9.17, 15) is 27.9 Å². The number of hydrogen-bond acceptors (Lipinski definition) is 3. The van der Waals surface area contributed by atoms with Crippen molar-refractivity contribution in [3.63, 3.8) is 0 Å². The van der Waals surface area contributed by atoms with Gasteiger partial charge in [-0.25, -0.2) is 0 Å². The monoisotopic (exact) mass is 370 g/mol. The number of rotatable bonds is 4. The van der Waals surface area contributed by atoms with E-state index in [2.05, 4.69) is 5.32 Å². The molecule has 2 aliphatic rings. The minimum absolute atomic E-state index is 0.0519. The number of anilines is 1. The van der Waals surface area contributed by atoms with Crippen LogP contribution in [0.25, 0.3) is 0 Å². The van der Waals surface area contributed by atoms with Crippen LogP contribution in [-0.2, 0) is 15.8 Å². The Labute approximate surface area is 149 Å². The number of carboxylic acid groups (broad SMARTS) is 1. The Morgan fingerprint density at radius 1 is 1.23 bits per heavy atom. The molecule has 2 N–H and O–H groups in total. The molecule has 0 radical (unpaired) electrons. The Bertz CT molecular complexity index is 693. The van der Waals surface area contributed by atoms with Gasteiger partial charge in [-0.2, -0.15) is 13.2 Å². The molecule has 2 fully saturated rings. The van der Waals surface area contributed by atoms with E-state index < -0.39 is 29.7 Å². The lowest BCUT2D eigenvalue weighted by Crippen LogP contribution is -2.46. The number of halogens is 3. The number of carbonyl (C=O) groups is 2. The van der Waals surface area contributed by atoms with E-state index in [-0.39, 0.29) is 24.2 Å². The summed E-state index contributed by atoms with van der Waals surface area (Å²) in [6.45, 7) is -0.131. The van der Waals surface area contributed by atoms with E-state index in [1.807, 2.05) is 0 Å². The van der Waals surface area contributed by atoms with Gasteiger partial charge in [-0.15, -0.1) is 0 Å². The van der Waals surface area contributed by atoms with Gasteiger partial charge in [0.05, 0.1) is 12.1 Å². The molecule has 1 saturated heterocycles. The summed E-state index contributed by atoms with van der Waals surface area (Å²) < 4.78 is 38.3. The summed E-state index contributed by atoms with van der Waals surface area (Å²) in [6, 6.07) is 3.76. The number of benzene rings is 1. The van der Waals surface area contributed by atoms with Crippen molar-refractivity contribution in [1.29, 1.82) is 0 Å². The van der Waals surface area contributed by atoms with Gasteiger partial charge in [0, 0.05) is 11.7 Å². The number of aliphatic carboxylic acids is 1. The zero-order chi connectivity index (χ0) is 18.9. The smallest absolute Gasteiger partial charge is 0.416 e. The van der Waals surface area contributed by atoms with Gasteiger partial charge in [0.2, 0.25) is 5.91 Å². The van der Waals surface area contributed by atoms with Crippen LogP contribution >= 0.6 is 0 Å². The first-order valence-corrected chi connectivity index (χ1v) is 8.71. The van der Waals surface area contributed by atoms with Crippen LogP contribution in [0.5, 0.6) is 0 Å². The number of alkyl halides is 3. The van der Waals surface area contributed by atoms with Gasteiger partial charge in [-0.1, -0.05) is 18.9 Å². The molecular weight excluding hydrogens is 349 g/mol. The normalized spacial score (nSPS) is 26.3. The lowest BCUT2D eigenvalue weighted by atomic mass is 9.85. The Hall–Kier alpha value is -2.09. The zero-order valence-corrected chi connectivity index (χ0v) is 14.1. The molecule has 142 valence electrons. The Morgan fingerprint density at radius 2 is 1.96 bits per heavy atom. The third kappa shape index (κ3) is 4.00. The van der Waals surface area contributed by atoms with Gasteiger partial charge in [-0.05, 0) is 43.4 Å². The maximum Gasteiger partial charge on any atom is 0.416 e. The largest absolute Gasteiger partial charge is 0.480 e. The molecule has 3 atom stereocenters. The van der Waals surface area contributed by atoms with Crippen LogP contribution in [0.2, 0.25) is 0 Å². The molecule has 3 rings (SSSR count). The highest BCUT2D eigenvalue weighted by atomic mass is 19.4. The van der Waals surface area contributed by atoms with Crippen molar-refractivity contribution in [2.45, 2.75) is 50.4 Å². The number of carboxylic acids is 1. The molecule has 8 heteroatoms. The van der Waals surface area contributed by atoms with Gasteiger partial charge < -0.3 is 10.4 Å². The first-order valence-electron chi connectivity index (χ1n) is 8.71. The zero-order valence-electron chi connectivity index (χ0n) is 14.1. The maximum absolute atomic E-state index is 12.8. The van der Waals surface area contributed by atoms with Crippen LogP contribution in [0.3, 0.4) is 0 Å². The Balaban J connectivity index is 1.69. The summed E-state index contributed by atoms with van der Waals surface area (Å²) in [7, 11) is 0. The second kappa shape index (κ2) is 7.26. The fourth-order valence-corrected chi connectivity index (χ4v) is 4.16. The van der Waals surface area contributed by atoms with E-state index >= 15 is 0 Å². The summed E-state index contributed by atoms with van der Waals surface area (Å²) in [5.74, 6) is -1.18. The molecule has 1 heterocycles. The van der Waals surface area contributed by atoms with Crippen molar-refractivity contribution in [2.75, 3.05) is 11.9 Å². The second-order valence-electron chi connectivity index (χ2n) is 7.00. The first kappa shape index (κ1) is 18.7. The van der Waals surface area contributed by atoms with Gasteiger partial charge in [-0.3, -0.25) is 14.5 Å². The predicted octanol–water partition coefficient (Wildman–Crippen LogP) is 3.36. The number of carbonyl (C=O) groups excluding carboxylic acids is 1. The van der Waals surface area contributed by atoms with Crippen LogP contribution in [0, 0.1) is 5.92 Å². The molecule has 1 saturated carbocycles. The minimum atomic E-state index is -4.49. The third-order valence-electron chi connectivity index (χ3n) is 5.31. The maximum atomic E-state index is 12.8. The fraction of sp³-hybridized carbons (Fsp3) is 0.556. The predicted molar refractivity (Wildman–Crippen MR) is 88.6 cm³/mol. The van der Waals surface area contributed by atoms with Crippen molar-refractivity contribution in [3.05, 3.63) is 29.8 Å². The molecule has 1 aliphatic heterocycles. The third-order valence-corrected chi connectivity index (χ3v) is 5.31. The lowest BCUT2D eigenvalue weighted by molar-refractivity contribution is -0.143. The molecule has 0 spiro atoms. The number of likely N-dealkylation sites (tertiary alicyclic amines) is 1. The molecule has 1 aromatic carbocycles. The van der Waals surface area contributed by atoms with Gasteiger partial charge in [0.25, 0.3) is 0 Å². The summed E-state index contributed by atoms with van der Waals surface area (Å²) in [5.41, 5.74) is -0.789. The highest BCUT2D eigenvalue weighted by Crippen LogP contribution is 2.39. The van der Waals surface area contributed by atoms with Crippen molar-refractivity contribution in [1.82, 2.24) is 4.90 Å². The number of amides is 1. The van der Waals surface area contributed by atoms with E-state index in [1.165, 1.54) is 12.1 Å². The van der Waals surface area contributed by atoms with Gasteiger partial charge in [0.15, 0.2) is 0 Å². The quantitative estimate of drug-likeness (QED) is 0.853.